The van der Waals surface area contributed by atoms with Crippen molar-refractivity contribution in [3.8, 4) is 16.9 Å². The van der Waals surface area contributed by atoms with Gasteiger partial charge in [-0.25, -0.2) is 0 Å². The molecule has 0 bridgehead atoms. The van der Waals surface area contributed by atoms with Gasteiger partial charge in [-0.3, -0.25) is 14.7 Å². The van der Waals surface area contributed by atoms with Gasteiger partial charge in [0.25, 0.3) is 0 Å². The largest absolute Gasteiger partial charge is 0.497 e. The van der Waals surface area contributed by atoms with Gasteiger partial charge in [0.2, 0.25) is 11.8 Å². The molecule has 3 rings (SSSR count). The summed E-state index contributed by atoms with van der Waals surface area (Å²) in [5.41, 5.74) is 3.49. The first-order valence-electron chi connectivity index (χ1n) is 9.72. The number of hydrogen-bond acceptors (Lipinski definition) is 4. The summed E-state index contributed by atoms with van der Waals surface area (Å²) in [4.78, 5) is 26.7. The molecule has 30 heavy (non-hydrogen) atoms. The molecule has 7 heteroatoms. The van der Waals surface area contributed by atoms with Gasteiger partial charge in [-0.05, 0) is 41.8 Å². The van der Waals surface area contributed by atoms with Crippen LogP contribution in [0.25, 0.3) is 11.1 Å². The number of aromatic amines is 1. The maximum Gasteiger partial charge on any atom is 0.231 e. The SMILES string of the molecule is COc1cccc(C(CCC(=O)N(C)C)C(=O)Nc2ccc(-c3cn[nH]c3)cc2)c1. The Hall–Kier alpha value is -3.61. The van der Waals surface area contributed by atoms with E-state index in [0.717, 1.165) is 16.7 Å². The summed E-state index contributed by atoms with van der Waals surface area (Å²) in [6, 6.07) is 15.0. The van der Waals surface area contributed by atoms with Crippen LogP contribution in [0.4, 0.5) is 5.69 Å². The minimum Gasteiger partial charge on any atom is -0.497 e. The fourth-order valence-corrected chi connectivity index (χ4v) is 3.18. The van der Waals surface area contributed by atoms with Crippen molar-refractivity contribution in [1.82, 2.24) is 15.1 Å². The second-order valence-corrected chi connectivity index (χ2v) is 7.21. The number of carbonyl (C=O) groups excluding carboxylic acids is 2. The maximum atomic E-state index is 13.1. The van der Waals surface area contributed by atoms with Crippen LogP contribution in [0.2, 0.25) is 0 Å². The number of aromatic nitrogens is 2. The number of ether oxygens (including phenoxy) is 1. The van der Waals surface area contributed by atoms with Gasteiger partial charge in [-0.15, -0.1) is 0 Å². The van der Waals surface area contributed by atoms with Crippen molar-refractivity contribution >= 4 is 17.5 Å². The molecular formula is C23H26N4O3. The molecule has 1 aromatic heterocycles. The predicted molar refractivity (Wildman–Crippen MR) is 116 cm³/mol. The number of nitrogens with zero attached hydrogens (tertiary/aromatic N) is 2. The Kier molecular flexibility index (Phi) is 6.85. The second-order valence-electron chi connectivity index (χ2n) is 7.21. The predicted octanol–water partition coefficient (Wildman–Crippen LogP) is 3.68. The lowest BCUT2D eigenvalue weighted by atomic mass is 9.92. The van der Waals surface area contributed by atoms with Crippen LogP contribution in [-0.2, 0) is 9.59 Å². The molecule has 2 aromatic carbocycles. The topological polar surface area (TPSA) is 87.3 Å². The van der Waals surface area contributed by atoms with Crippen LogP contribution in [0, 0.1) is 0 Å². The monoisotopic (exact) mass is 406 g/mol. The van der Waals surface area contributed by atoms with Gasteiger partial charge >= 0.3 is 0 Å². The summed E-state index contributed by atoms with van der Waals surface area (Å²) >= 11 is 0. The second kappa shape index (κ2) is 9.73. The van der Waals surface area contributed by atoms with E-state index in [1.54, 1.807) is 27.4 Å². The van der Waals surface area contributed by atoms with Crippen LogP contribution in [0.1, 0.15) is 24.3 Å². The summed E-state index contributed by atoms with van der Waals surface area (Å²) in [5, 5.41) is 9.71. The molecule has 156 valence electrons. The molecule has 2 N–H and O–H groups in total. The van der Waals surface area contributed by atoms with E-state index in [4.69, 9.17) is 4.74 Å². The van der Waals surface area contributed by atoms with Crippen molar-refractivity contribution in [2.24, 2.45) is 0 Å². The molecule has 0 fully saturated rings. The lowest BCUT2D eigenvalue weighted by Crippen LogP contribution is -2.25. The van der Waals surface area contributed by atoms with E-state index >= 15 is 0 Å². The Labute approximate surface area is 176 Å². The zero-order chi connectivity index (χ0) is 21.5. The van der Waals surface area contributed by atoms with Gasteiger partial charge in [-0.1, -0.05) is 24.3 Å². The molecule has 7 nitrogen and oxygen atoms in total. The summed E-state index contributed by atoms with van der Waals surface area (Å²) in [6.07, 6.45) is 4.24. The normalized spacial score (nSPS) is 11.6. The quantitative estimate of drug-likeness (QED) is 0.597. The lowest BCUT2D eigenvalue weighted by molar-refractivity contribution is -0.129. The molecule has 1 unspecified atom stereocenters. The average Bonchev–Trinajstić information content (AvgIpc) is 3.29. The molecule has 1 heterocycles. The number of carbonyl (C=O) groups is 2. The average molecular weight is 406 g/mol. The first-order chi connectivity index (χ1) is 14.5. The standard InChI is InChI=1S/C23H26N4O3/c1-27(2)22(28)12-11-21(17-5-4-6-20(13-17)30-3)23(29)26-19-9-7-16(8-10-19)18-14-24-25-15-18/h4-10,13-15,21H,11-12H2,1-3H3,(H,24,25)(H,26,29). The molecule has 1 atom stereocenters. The summed E-state index contributed by atoms with van der Waals surface area (Å²) in [6.45, 7) is 0. The molecule has 0 aliphatic rings. The molecule has 0 aliphatic heterocycles. The van der Waals surface area contributed by atoms with Crippen LogP contribution in [0.5, 0.6) is 5.75 Å². The molecule has 0 saturated heterocycles. The maximum absolute atomic E-state index is 13.1. The van der Waals surface area contributed by atoms with Crippen molar-refractivity contribution in [1.29, 1.82) is 0 Å². The Balaban J connectivity index is 1.77. The third-order valence-electron chi connectivity index (χ3n) is 4.94. The number of rotatable bonds is 8. The first kappa shape index (κ1) is 21.1. The third kappa shape index (κ3) is 5.26. The molecule has 2 amide bonds. The molecule has 0 aliphatic carbocycles. The highest BCUT2D eigenvalue weighted by Gasteiger charge is 2.23. The van der Waals surface area contributed by atoms with Crippen LogP contribution < -0.4 is 10.1 Å². The van der Waals surface area contributed by atoms with Crippen molar-refractivity contribution in [3.05, 3.63) is 66.5 Å². The van der Waals surface area contributed by atoms with Gasteiger partial charge in [0.15, 0.2) is 0 Å². The van der Waals surface area contributed by atoms with E-state index in [1.165, 1.54) is 4.90 Å². The smallest absolute Gasteiger partial charge is 0.231 e. The highest BCUT2D eigenvalue weighted by Crippen LogP contribution is 2.27. The summed E-state index contributed by atoms with van der Waals surface area (Å²) in [5.74, 6) is 0.0253. The summed E-state index contributed by atoms with van der Waals surface area (Å²) in [7, 11) is 5.01. The minimum absolute atomic E-state index is 0.0137. The van der Waals surface area contributed by atoms with Gasteiger partial charge in [0, 0.05) is 38.0 Å². The van der Waals surface area contributed by atoms with E-state index in [9.17, 15) is 9.59 Å². The fraction of sp³-hybridized carbons (Fsp3) is 0.261. The van der Waals surface area contributed by atoms with Gasteiger partial charge < -0.3 is 15.0 Å². The Morgan fingerprint density at radius 1 is 1.13 bits per heavy atom. The van der Waals surface area contributed by atoms with E-state index in [2.05, 4.69) is 15.5 Å². The van der Waals surface area contributed by atoms with Gasteiger partial charge in [-0.2, -0.15) is 5.10 Å². The lowest BCUT2D eigenvalue weighted by Gasteiger charge is -2.19. The summed E-state index contributed by atoms with van der Waals surface area (Å²) < 4.78 is 5.30. The van der Waals surface area contributed by atoms with Crippen molar-refractivity contribution in [2.75, 3.05) is 26.5 Å². The zero-order valence-corrected chi connectivity index (χ0v) is 17.4. The van der Waals surface area contributed by atoms with Crippen LogP contribution in [0.3, 0.4) is 0 Å². The number of methoxy groups -OCH3 is 1. The highest BCUT2D eigenvalue weighted by molar-refractivity contribution is 5.96. The van der Waals surface area contributed by atoms with Crippen LogP contribution >= 0.6 is 0 Å². The van der Waals surface area contributed by atoms with E-state index in [-0.39, 0.29) is 18.2 Å². The molecular weight excluding hydrogens is 380 g/mol. The number of benzene rings is 2. The molecule has 0 spiro atoms. The van der Waals surface area contributed by atoms with Gasteiger partial charge in [0.05, 0.1) is 19.2 Å². The van der Waals surface area contributed by atoms with E-state index in [0.29, 0.717) is 17.9 Å². The van der Waals surface area contributed by atoms with Crippen LogP contribution in [0.15, 0.2) is 60.9 Å². The number of nitrogens with one attached hydrogen (secondary N) is 2. The highest BCUT2D eigenvalue weighted by atomic mass is 16.5. The number of H-pyrrole nitrogens is 1. The first-order valence-corrected chi connectivity index (χ1v) is 9.72. The Morgan fingerprint density at radius 3 is 2.53 bits per heavy atom. The Bertz CT molecular complexity index is 982. The van der Waals surface area contributed by atoms with Crippen molar-refractivity contribution in [2.45, 2.75) is 18.8 Å². The number of anilines is 1. The van der Waals surface area contributed by atoms with Gasteiger partial charge in [0.1, 0.15) is 5.75 Å². The number of amides is 2. The van der Waals surface area contributed by atoms with E-state index in [1.807, 2.05) is 54.7 Å². The minimum atomic E-state index is -0.474. The Morgan fingerprint density at radius 2 is 1.90 bits per heavy atom. The van der Waals surface area contributed by atoms with E-state index < -0.39 is 5.92 Å². The van der Waals surface area contributed by atoms with Crippen molar-refractivity contribution < 1.29 is 14.3 Å². The van der Waals surface area contributed by atoms with Crippen molar-refractivity contribution in [3.63, 3.8) is 0 Å². The zero-order valence-electron chi connectivity index (χ0n) is 17.4. The molecule has 3 aromatic rings. The molecule has 0 saturated carbocycles. The number of hydrogen-bond donors (Lipinski definition) is 2. The molecule has 0 radical (unpaired) electrons. The van der Waals surface area contributed by atoms with Crippen LogP contribution in [-0.4, -0.2) is 48.1 Å². The third-order valence-corrected chi connectivity index (χ3v) is 4.94. The fourth-order valence-electron chi connectivity index (χ4n) is 3.18.